The molecule has 0 spiro atoms. The summed E-state index contributed by atoms with van der Waals surface area (Å²) < 4.78 is 1.48. The maximum Gasteiger partial charge on any atom is 0.336 e. The van der Waals surface area contributed by atoms with Crippen LogP contribution in [-0.2, 0) is 0 Å². The van der Waals surface area contributed by atoms with E-state index in [9.17, 15) is 4.79 Å². The monoisotopic (exact) mass is 270 g/mol. The number of nitrogens with zero attached hydrogens (tertiary/aromatic N) is 5. The van der Waals surface area contributed by atoms with Crippen molar-refractivity contribution in [2.75, 3.05) is 5.32 Å². The topological polar surface area (TPSA) is 105 Å². The molecule has 2 heterocycles. The van der Waals surface area contributed by atoms with Gasteiger partial charge in [-0.05, 0) is 35.0 Å². The van der Waals surface area contributed by atoms with Crippen molar-refractivity contribution in [3.63, 3.8) is 0 Å². The summed E-state index contributed by atoms with van der Waals surface area (Å²) in [6.45, 7) is 1.75. The third-order valence-corrected chi connectivity index (χ3v) is 2.85. The van der Waals surface area contributed by atoms with E-state index in [1.165, 1.54) is 10.7 Å². The molecule has 0 saturated heterocycles. The highest BCUT2D eigenvalue weighted by Crippen LogP contribution is 2.19. The van der Waals surface area contributed by atoms with Crippen LogP contribution in [0.2, 0.25) is 0 Å². The predicted molar refractivity (Wildman–Crippen MR) is 70.0 cm³/mol. The molecule has 0 aliphatic rings. The fraction of sp³-hybridized carbons (Fsp3) is 0.0833. The summed E-state index contributed by atoms with van der Waals surface area (Å²) in [5, 5.41) is 23.3. The van der Waals surface area contributed by atoms with Gasteiger partial charge in [0.25, 0.3) is 0 Å². The second kappa shape index (κ2) is 4.57. The number of hydrogen-bond donors (Lipinski definition) is 2. The number of aromatic carboxylic acids is 1. The molecule has 8 heteroatoms. The molecule has 0 bridgehead atoms. The molecule has 0 aliphatic carbocycles. The largest absolute Gasteiger partial charge is 0.478 e. The number of rotatable bonds is 3. The Labute approximate surface area is 113 Å². The highest BCUT2D eigenvalue weighted by atomic mass is 16.4. The number of hydrogen-bond acceptors (Lipinski definition) is 6. The lowest BCUT2D eigenvalue weighted by Crippen LogP contribution is -2.04. The van der Waals surface area contributed by atoms with Gasteiger partial charge in [-0.1, -0.05) is 6.07 Å². The number of tetrazole rings is 1. The van der Waals surface area contributed by atoms with Crippen LogP contribution < -0.4 is 5.32 Å². The van der Waals surface area contributed by atoms with Crippen LogP contribution >= 0.6 is 0 Å². The summed E-state index contributed by atoms with van der Waals surface area (Å²) in [4.78, 5) is 15.1. The predicted octanol–water partition coefficient (Wildman–Crippen LogP) is 1.27. The second-order valence-corrected chi connectivity index (χ2v) is 4.20. The molecule has 2 N–H and O–H groups in total. The number of aromatic nitrogens is 5. The molecule has 0 aliphatic heterocycles. The lowest BCUT2D eigenvalue weighted by atomic mass is 10.1. The van der Waals surface area contributed by atoms with E-state index >= 15 is 0 Å². The number of benzene rings is 1. The van der Waals surface area contributed by atoms with Gasteiger partial charge < -0.3 is 10.4 Å². The molecular weight excluding hydrogens is 260 g/mol. The van der Waals surface area contributed by atoms with Crippen LogP contribution in [0.15, 0.2) is 30.6 Å². The first-order chi connectivity index (χ1) is 9.65. The zero-order valence-corrected chi connectivity index (χ0v) is 10.5. The van der Waals surface area contributed by atoms with Crippen LogP contribution in [0, 0.1) is 6.92 Å². The van der Waals surface area contributed by atoms with Crippen LogP contribution in [-0.4, -0.2) is 36.1 Å². The summed E-state index contributed by atoms with van der Waals surface area (Å²) in [5.74, 6) is -0.419. The molecule has 20 heavy (non-hydrogen) atoms. The molecule has 8 nitrogen and oxygen atoms in total. The quantitative estimate of drug-likeness (QED) is 0.738. The first-order valence-corrected chi connectivity index (χ1v) is 5.78. The zero-order chi connectivity index (χ0) is 14.1. The van der Waals surface area contributed by atoms with Crippen LogP contribution in [0.25, 0.3) is 5.65 Å². The Hall–Kier alpha value is -3.03. The van der Waals surface area contributed by atoms with Gasteiger partial charge in [0.15, 0.2) is 11.5 Å². The third-order valence-electron chi connectivity index (χ3n) is 2.85. The zero-order valence-electron chi connectivity index (χ0n) is 10.5. The van der Waals surface area contributed by atoms with E-state index in [4.69, 9.17) is 5.11 Å². The van der Waals surface area contributed by atoms with Gasteiger partial charge in [-0.3, -0.25) is 4.98 Å². The molecule has 2 aromatic heterocycles. The second-order valence-electron chi connectivity index (χ2n) is 4.20. The van der Waals surface area contributed by atoms with E-state index in [-0.39, 0.29) is 5.56 Å². The molecule has 3 aromatic rings. The number of carboxylic acid groups (broad SMARTS) is 1. The first kappa shape index (κ1) is 12.0. The molecule has 3 rings (SSSR count). The average Bonchev–Trinajstić information content (AvgIpc) is 2.90. The smallest absolute Gasteiger partial charge is 0.336 e. The van der Waals surface area contributed by atoms with E-state index in [0.717, 1.165) is 0 Å². The van der Waals surface area contributed by atoms with E-state index in [0.29, 0.717) is 22.7 Å². The van der Waals surface area contributed by atoms with E-state index in [2.05, 4.69) is 25.8 Å². The van der Waals surface area contributed by atoms with Gasteiger partial charge in [0.2, 0.25) is 0 Å². The minimum atomic E-state index is -0.968. The van der Waals surface area contributed by atoms with Crippen LogP contribution in [0.3, 0.4) is 0 Å². The van der Waals surface area contributed by atoms with Gasteiger partial charge in [0.05, 0.1) is 18.0 Å². The minimum Gasteiger partial charge on any atom is -0.478 e. The number of aryl methyl sites for hydroxylation is 1. The number of anilines is 2. The number of carboxylic acids is 1. The molecule has 0 saturated carbocycles. The van der Waals surface area contributed by atoms with Crippen molar-refractivity contribution in [1.29, 1.82) is 0 Å². The van der Waals surface area contributed by atoms with Crippen molar-refractivity contribution >= 4 is 23.1 Å². The van der Waals surface area contributed by atoms with Crippen molar-refractivity contribution in [1.82, 2.24) is 25.0 Å². The Morgan fingerprint density at radius 3 is 3.00 bits per heavy atom. The van der Waals surface area contributed by atoms with Crippen LogP contribution in [0.1, 0.15) is 15.9 Å². The van der Waals surface area contributed by atoms with E-state index in [1.807, 2.05) is 0 Å². The van der Waals surface area contributed by atoms with Gasteiger partial charge in [0, 0.05) is 5.69 Å². The average molecular weight is 270 g/mol. The summed E-state index contributed by atoms with van der Waals surface area (Å²) in [6, 6.07) is 5.07. The Kier molecular flexibility index (Phi) is 2.75. The number of fused-ring (bicyclic) bond motifs is 1. The van der Waals surface area contributed by atoms with Crippen molar-refractivity contribution in [2.45, 2.75) is 6.92 Å². The third kappa shape index (κ3) is 2.03. The van der Waals surface area contributed by atoms with Crippen molar-refractivity contribution in [3.8, 4) is 0 Å². The molecule has 0 radical (unpaired) electrons. The summed E-state index contributed by atoms with van der Waals surface area (Å²) in [6.07, 6.45) is 3.09. The Morgan fingerprint density at radius 1 is 1.35 bits per heavy atom. The molecule has 100 valence electrons. The molecule has 0 amide bonds. The van der Waals surface area contributed by atoms with Crippen LogP contribution in [0.5, 0.6) is 0 Å². The lowest BCUT2D eigenvalue weighted by Gasteiger charge is -2.09. The normalized spacial score (nSPS) is 10.7. The van der Waals surface area contributed by atoms with E-state index in [1.54, 1.807) is 31.3 Å². The Morgan fingerprint density at radius 2 is 2.20 bits per heavy atom. The number of nitrogens with one attached hydrogen (secondary N) is 1. The van der Waals surface area contributed by atoms with Gasteiger partial charge >= 0.3 is 5.97 Å². The molecule has 0 unspecified atom stereocenters. The number of carbonyl (C=O) groups is 1. The molecular formula is C12H10N6O2. The molecule has 1 aromatic carbocycles. The standard InChI is InChI=1S/C12H10N6O2/c1-7-2-3-8(4-9(7)12(19)20)14-10-5-13-6-11-15-16-17-18(10)11/h2-6,14H,1H3,(H,19,20). The maximum atomic E-state index is 11.1. The summed E-state index contributed by atoms with van der Waals surface area (Å²) in [7, 11) is 0. The van der Waals surface area contributed by atoms with E-state index < -0.39 is 5.97 Å². The maximum absolute atomic E-state index is 11.1. The fourth-order valence-corrected chi connectivity index (χ4v) is 1.84. The molecule has 0 fully saturated rings. The van der Waals surface area contributed by atoms with Gasteiger partial charge in [-0.15, -0.1) is 5.10 Å². The van der Waals surface area contributed by atoms with Crippen molar-refractivity contribution in [2.24, 2.45) is 0 Å². The summed E-state index contributed by atoms with van der Waals surface area (Å²) >= 11 is 0. The van der Waals surface area contributed by atoms with Crippen LogP contribution in [0.4, 0.5) is 11.5 Å². The summed E-state index contributed by atoms with van der Waals surface area (Å²) in [5.41, 5.74) is 2.06. The van der Waals surface area contributed by atoms with Crippen molar-refractivity contribution < 1.29 is 9.90 Å². The minimum absolute atomic E-state index is 0.242. The van der Waals surface area contributed by atoms with Gasteiger partial charge in [0.1, 0.15) is 0 Å². The van der Waals surface area contributed by atoms with Gasteiger partial charge in [-0.25, -0.2) is 4.79 Å². The first-order valence-electron chi connectivity index (χ1n) is 5.78. The van der Waals surface area contributed by atoms with Gasteiger partial charge in [-0.2, -0.15) is 4.52 Å². The molecule has 0 atom stereocenters. The lowest BCUT2D eigenvalue weighted by molar-refractivity contribution is 0.0696. The highest BCUT2D eigenvalue weighted by molar-refractivity contribution is 5.90. The SMILES string of the molecule is Cc1ccc(Nc2cncc3nnnn23)cc1C(=O)O. The fourth-order valence-electron chi connectivity index (χ4n) is 1.84. The van der Waals surface area contributed by atoms with Crippen molar-refractivity contribution in [3.05, 3.63) is 41.7 Å². The Balaban J connectivity index is 2.01. The Bertz CT molecular complexity index is 797. The highest BCUT2D eigenvalue weighted by Gasteiger charge is 2.09.